The van der Waals surface area contributed by atoms with E-state index in [9.17, 15) is 4.79 Å². The van der Waals surface area contributed by atoms with Crippen LogP contribution in [-0.4, -0.2) is 44.6 Å². The lowest BCUT2D eigenvalue weighted by Crippen LogP contribution is -2.29. The van der Waals surface area contributed by atoms with Crippen molar-refractivity contribution in [1.29, 1.82) is 0 Å². The summed E-state index contributed by atoms with van der Waals surface area (Å²) in [7, 11) is 0. The Morgan fingerprint density at radius 1 is 1.21 bits per heavy atom. The number of hydrogen-bond acceptors (Lipinski definition) is 6. The van der Waals surface area contributed by atoms with E-state index in [0.717, 1.165) is 11.3 Å². The topological polar surface area (TPSA) is 81.9 Å². The van der Waals surface area contributed by atoms with Gasteiger partial charge in [-0.2, -0.15) is 0 Å². The van der Waals surface area contributed by atoms with E-state index in [0.29, 0.717) is 30.7 Å². The number of aromatic nitrogens is 4. The number of amides is 1. The van der Waals surface area contributed by atoms with E-state index in [2.05, 4.69) is 27.1 Å². The highest BCUT2D eigenvalue weighted by Crippen LogP contribution is 2.23. The van der Waals surface area contributed by atoms with E-state index in [1.54, 1.807) is 18.5 Å². The molecule has 0 saturated carbocycles. The van der Waals surface area contributed by atoms with Gasteiger partial charge in [-0.1, -0.05) is 36.0 Å². The number of pyridine rings is 1. The van der Waals surface area contributed by atoms with E-state index in [1.165, 1.54) is 11.8 Å². The fourth-order valence-electron chi connectivity index (χ4n) is 2.45. The van der Waals surface area contributed by atoms with Crippen molar-refractivity contribution in [3.05, 3.63) is 67.5 Å². The summed E-state index contributed by atoms with van der Waals surface area (Å²) in [5.74, 6) is 1.64. The summed E-state index contributed by atoms with van der Waals surface area (Å²) < 4.78 is 7.47. The molecule has 0 radical (unpaired) electrons. The summed E-state index contributed by atoms with van der Waals surface area (Å²) in [5.41, 5.74) is 0.867. The zero-order valence-corrected chi connectivity index (χ0v) is 16.1. The minimum atomic E-state index is -0.0854. The summed E-state index contributed by atoms with van der Waals surface area (Å²) >= 11 is 1.33. The van der Waals surface area contributed by atoms with E-state index in [1.807, 2.05) is 47.0 Å². The van der Waals surface area contributed by atoms with Crippen molar-refractivity contribution in [2.75, 3.05) is 18.9 Å². The summed E-state index contributed by atoms with van der Waals surface area (Å²) in [6, 6.07) is 13.3. The first kappa shape index (κ1) is 19.6. The molecule has 3 rings (SSSR count). The van der Waals surface area contributed by atoms with Crippen LogP contribution in [0.1, 0.15) is 0 Å². The Kier molecular flexibility index (Phi) is 7.20. The van der Waals surface area contributed by atoms with Crippen LogP contribution in [-0.2, 0) is 11.3 Å². The molecule has 1 aromatic carbocycles. The molecule has 144 valence electrons. The van der Waals surface area contributed by atoms with Gasteiger partial charge in [0.05, 0.1) is 12.3 Å². The number of para-hydroxylation sites is 1. The molecule has 0 spiro atoms. The van der Waals surface area contributed by atoms with Crippen LogP contribution in [0.15, 0.2) is 72.7 Å². The number of nitrogens with one attached hydrogen (secondary N) is 1. The molecule has 0 saturated heterocycles. The number of benzene rings is 1. The van der Waals surface area contributed by atoms with Crippen LogP contribution in [0.5, 0.6) is 5.75 Å². The maximum absolute atomic E-state index is 12.1. The van der Waals surface area contributed by atoms with Gasteiger partial charge >= 0.3 is 0 Å². The Balaban J connectivity index is 1.50. The highest BCUT2D eigenvalue weighted by atomic mass is 32.2. The highest BCUT2D eigenvalue weighted by molar-refractivity contribution is 7.99. The van der Waals surface area contributed by atoms with Gasteiger partial charge < -0.3 is 10.1 Å². The molecule has 0 aliphatic rings. The van der Waals surface area contributed by atoms with E-state index < -0.39 is 0 Å². The summed E-state index contributed by atoms with van der Waals surface area (Å²) in [4.78, 5) is 16.2. The number of thioether (sulfide) groups is 1. The molecule has 0 bridgehead atoms. The quantitative estimate of drug-likeness (QED) is 0.323. The van der Waals surface area contributed by atoms with Crippen LogP contribution in [0.25, 0.3) is 11.4 Å². The second-order valence-corrected chi connectivity index (χ2v) is 6.69. The maximum atomic E-state index is 12.1. The summed E-state index contributed by atoms with van der Waals surface area (Å²) in [5, 5.41) is 12.0. The molecule has 2 aromatic heterocycles. The third kappa shape index (κ3) is 5.43. The molecule has 0 aliphatic heterocycles. The van der Waals surface area contributed by atoms with Crippen LogP contribution >= 0.6 is 11.8 Å². The van der Waals surface area contributed by atoms with Gasteiger partial charge in [-0.3, -0.25) is 14.3 Å². The molecule has 28 heavy (non-hydrogen) atoms. The van der Waals surface area contributed by atoms with E-state index in [4.69, 9.17) is 4.74 Å². The molecule has 2 heterocycles. The van der Waals surface area contributed by atoms with Crippen LogP contribution in [0.3, 0.4) is 0 Å². The van der Waals surface area contributed by atoms with Gasteiger partial charge in [-0.25, -0.2) is 0 Å². The predicted octanol–water partition coefficient (Wildman–Crippen LogP) is 2.81. The average Bonchev–Trinajstić information content (AvgIpc) is 3.14. The van der Waals surface area contributed by atoms with Gasteiger partial charge in [0.2, 0.25) is 5.91 Å². The number of nitrogens with zero attached hydrogens (tertiary/aromatic N) is 4. The Bertz CT molecular complexity index is 899. The van der Waals surface area contributed by atoms with Gasteiger partial charge in [0.25, 0.3) is 0 Å². The van der Waals surface area contributed by atoms with Crippen LogP contribution in [0.2, 0.25) is 0 Å². The molecule has 0 fully saturated rings. The first-order valence-electron chi connectivity index (χ1n) is 8.80. The Morgan fingerprint density at radius 2 is 2.07 bits per heavy atom. The van der Waals surface area contributed by atoms with E-state index in [-0.39, 0.29) is 11.7 Å². The molecule has 0 unspecified atom stereocenters. The molecule has 1 N–H and O–H groups in total. The number of rotatable bonds is 10. The number of carbonyl (C=O) groups is 1. The number of ether oxygens (including phenoxy) is 1. The molecule has 0 aliphatic carbocycles. The Labute approximate surface area is 167 Å². The molecule has 7 nitrogen and oxygen atoms in total. The molecule has 3 aromatic rings. The second-order valence-electron chi connectivity index (χ2n) is 5.75. The minimum Gasteiger partial charge on any atom is -0.492 e. The first-order chi connectivity index (χ1) is 13.8. The molecule has 0 atom stereocenters. The van der Waals surface area contributed by atoms with Crippen molar-refractivity contribution in [3.8, 4) is 17.1 Å². The van der Waals surface area contributed by atoms with E-state index >= 15 is 0 Å². The fourth-order valence-corrected chi connectivity index (χ4v) is 3.23. The Morgan fingerprint density at radius 3 is 2.82 bits per heavy atom. The predicted molar refractivity (Wildman–Crippen MR) is 109 cm³/mol. The standard InChI is InChI=1S/C20H21N5O2S/c1-2-12-25-19(16-7-6-10-21-14-16)23-24-20(25)28-15-18(26)22-11-13-27-17-8-4-3-5-9-17/h2-10,14H,1,11-13,15H2,(H,22,26). The number of hydrogen-bond donors (Lipinski definition) is 1. The first-order valence-corrected chi connectivity index (χ1v) is 9.78. The van der Waals surface area contributed by atoms with Crippen LogP contribution in [0.4, 0.5) is 0 Å². The third-order valence-corrected chi connectivity index (χ3v) is 4.68. The molecular weight excluding hydrogens is 374 g/mol. The third-order valence-electron chi connectivity index (χ3n) is 3.72. The minimum absolute atomic E-state index is 0.0854. The molecule has 8 heteroatoms. The van der Waals surface area contributed by atoms with Gasteiger partial charge in [0, 0.05) is 24.5 Å². The van der Waals surface area contributed by atoms with Gasteiger partial charge in [0.1, 0.15) is 12.4 Å². The van der Waals surface area contributed by atoms with Crippen molar-refractivity contribution in [2.45, 2.75) is 11.7 Å². The highest BCUT2D eigenvalue weighted by Gasteiger charge is 2.14. The molecular formula is C20H21N5O2S. The zero-order chi connectivity index (χ0) is 19.6. The van der Waals surface area contributed by atoms with Crippen molar-refractivity contribution >= 4 is 17.7 Å². The van der Waals surface area contributed by atoms with Crippen molar-refractivity contribution < 1.29 is 9.53 Å². The lowest BCUT2D eigenvalue weighted by atomic mass is 10.3. The number of carbonyl (C=O) groups excluding carboxylic acids is 1. The van der Waals surface area contributed by atoms with Gasteiger partial charge in [0.15, 0.2) is 11.0 Å². The molecule has 1 amide bonds. The maximum Gasteiger partial charge on any atom is 0.230 e. The Hall–Kier alpha value is -3.13. The second kappa shape index (κ2) is 10.3. The van der Waals surface area contributed by atoms with Crippen LogP contribution < -0.4 is 10.1 Å². The van der Waals surface area contributed by atoms with Crippen molar-refractivity contribution in [1.82, 2.24) is 25.1 Å². The van der Waals surface area contributed by atoms with Crippen molar-refractivity contribution in [3.63, 3.8) is 0 Å². The summed E-state index contributed by atoms with van der Waals surface area (Å²) in [6.07, 6.45) is 5.21. The monoisotopic (exact) mass is 395 g/mol. The lowest BCUT2D eigenvalue weighted by molar-refractivity contribution is -0.118. The fraction of sp³-hybridized carbons (Fsp3) is 0.200. The number of allylic oxidation sites excluding steroid dienone is 1. The summed E-state index contributed by atoms with van der Waals surface area (Å²) in [6.45, 7) is 5.19. The lowest BCUT2D eigenvalue weighted by Gasteiger charge is -2.09. The normalized spacial score (nSPS) is 10.4. The zero-order valence-electron chi connectivity index (χ0n) is 15.3. The van der Waals surface area contributed by atoms with Crippen molar-refractivity contribution in [2.24, 2.45) is 0 Å². The average molecular weight is 395 g/mol. The van der Waals surface area contributed by atoms with Gasteiger partial charge in [-0.15, -0.1) is 16.8 Å². The smallest absolute Gasteiger partial charge is 0.230 e. The SMILES string of the molecule is C=CCn1c(SCC(=O)NCCOc2ccccc2)nnc1-c1cccnc1. The van der Waals surface area contributed by atoms with Gasteiger partial charge in [-0.05, 0) is 24.3 Å². The van der Waals surface area contributed by atoms with Crippen LogP contribution in [0, 0.1) is 0 Å². The largest absolute Gasteiger partial charge is 0.492 e.